The van der Waals surface area contributed by atoms with Crippen molar-refractivity contribution < 1.29 is 0 Å². The van der Waals surface area contributed by atoms with Crippen LogP contribution < -0.4 is 5.32 Å². The fourth-order valence-electron chi connectivity index (χ4n) is 1.12. The summed E-state index contributed by atoms with van der Waals surface area (Å²) in [4.78, 5) is 0. The molecule has 0 aromatic carbocycles. The molecule has 0 aliphatic carbocycles. The lowest BCUT2D eigenvalue weighted by Crippen LogP contribution is -2.01. The van der Waals surface area contributed by atoms with Crippen molar-refractivity contribution in [2.75, 3.05) is 11.9 Å². The van der Waals surface area contributed by atoms with Gasteiger partial charge in [0.25, 0.3) is 0 Å². The van der Waals surface area contributed by atoms with E-state index in [-0.39, 0.29) is 0 Å². The molecule has 3 heteroatoms. The molecule has 3 nitrogen and oxygen atoms in total. The van der Waals surface area contributed by atoms with E-state index >= 15 is 0 Å². The highest BCUT2D eigenvalue weighted by Gasteiger charge is 1.99. The lowest BCUT2D eigenvalue weighted by atomic mass is 10.3. The van der Waals surface area contributed by atoms with E-state index in [4.69, 9.17) is 0 Å². The van der Waals surface area contributed by atoms with Gasteiger partial charge in [-0.3, -0.25) is 4.68 Å². The normalized spacial score (nSPS) is 10.8. The zero-order valence-electron chi connectivity index (χ0n) is 8.75. The molecule has 0 unspecified atom stereocenters. The molecule has 0 fully saturated rings. The topological polar surface area (TPSA) is 29.9 Å². The summed E-state index contributed by atoms with van der Waals surface area (Å²) in [6, 6.07) is 0.446. The Morgan fingerprint density at radius 3 is 2.85 bits per heavy atom. The predicted molar refractivity (Wildman–Crippen MR) is 56.0 cm³/mol. The quantitative estimate of drug-likeness (QED) is 0.708. The zero-order valence-corrected chi connectivity index (χ0v) is 8.75. The van der Waals surface area contributed by atoms with Gasteiger partial charge >= 0.3 is 0 Å². The summed E-state index contributed by atoms with van der Waals surface area (Å²) in [5, 5.41) is 7.59. The van der Waals surface area contributed by atoms with Gasteiger partial charge in [0, 0.05) is 18.8 Å². The van der Waals surface area contributed by atoms with Gasteiger partial charge in [0.05, 0.1) is 11.9 Å². The largest absolute Gasteiger partial charge is 0.383 e. The van der Waals surface area contributed by atoms with Crippen molar-refractivity contribution >= 4 is 5.69 Å². The van der Waals surface area contributed by atoms with Crippen LogP contribution in [0.15, 0.2) is 12.4 Å². The molecule has 1 aromatic heterocycles. The van der Waals surface area contributed by atoms with Gasteiger partial charge in [-0.2, -0.15) is 5.10 Å². The first kappa shape index (κ1) is 10.1. The van der Waals surface area contributed by atoms with Crippen molar-refractivity contribution in [3.8, 4) is 0 Å². The van der Waals surface area contributed by atoms with Crippen LogP contribution in [0.3, 0.4) is 0 Å². The second-order valence-electron chi connectivity index (χ2n) is 3.58. The van der Waals surface area contributed by atoms with E-state index in [0.717, 1.165) is 12.2 Å². The van der Waals surface area contributed by atoms with Crippen LogP contribution in [0.4, 0.5) is 5.69 Å². The maximum absolute atomic E-state index is 4.25. The Hall–Kier alpha value is -0.990. The second kappa shape index (κ2) is 4.90. The van der Waals surface area contributed by atoms with Crippen LogP contribution in [0.25, 0.3) is 0 Å². The number of hydrogen-bond donors (Lipinski definition) is 1. The maximum Gasteiger partial charge on any atom is 0.0726 e. The molecule has 0 aliphatic rings. The Bertz CT molecular complexity index is 240. The van der Waals surface area contributed by atoms with Crippen LogP contribution in [0.2, 0.25) is 0 Å². The molecule has 0 saturated carbocycles. The molecular weight excluding hydrogens is 162 g/mol. The summed E-state index contributed by atoms with van der Waals surface area (Å²) in [7, 11) is 0. The second-order valence-corrected chi connectivity index (χ2v) is 3.58. The Kier molecular flexibility index (Phi) is 3.80. The Morgan fingerprint density at radius 2 is 2.31 bits per heavy atom. The van der Waals surface area contributed by atoms with Crippen LogP contribution >= 0.6 is 0 Å². The molecule has 13 heavy (non-hydrogen) atoms. The van der Waals surface area contributed by atoms with Gasteiger partial charge in [-0.05, 0) is 20.3 Å². The molecule has 1 rings (SSSR count). The van der Waals surface area contributed by atoms with Crippen molar-refractivity contribution in [1.82, 2.24) is 9.78 Å². The lowest BCUT2D eigenvalue weighted by molar-refractivity contribution is 0.532. The highest BCUT2D eigenvalue weighted by Crippen LogP contribution is 2.09. The molecular formula is C10H19N3. The zero-order chi connectivity index (χ0) is 9.68. The highest BCUT2D eigenvalue weighted by molar-refractivity contribution is 5.37. The molecule has 1 aromatic rings. The summed E-state index contributed by atoms with van der Waals surface area (Å²) < 4.78 is 1.97. The van der Waals surface area contributed by atoms with E-state index in [1.807, 2.05) is 10.9 Å². The number of anilines is 1. The molecule has 0 aliphatic heterocycles. The Labute approximate surface area is 80.1 Å². The first-order valence-electron chi connectivity index (χ1n) is 5.02. The first-order chi connectivity index (χ1) is 6.24. The molecule has 0 radical (unpaired) electrons. The summed E-state index contributed by atoms with van der Waals surface area (Å²) in [6.07, 6.45) is 6.38. The van der Waals surface area contributed by atoms with Crippen LogP contribution in [0.5, 0.6) is 0 Å². The number of unbranched alkanes of at least 4 members (excludes halogenated alkanes) is 1. The van der Waals surface area contributed by atoms with Gasteiger partial charge in [-0.15, -0.1) is 0 Å². The molecule has 0 saturated heterocycles. The van der Waals surface area contributed by atoms with E-state index in [1.165, 1.54) is 12.8 Å². The van der Waals surface area contributed by atoms with Crippen LogP contribution in [0.1, 0.15) is 39.7 Å². The monoisotopic (exact) mass is 181 g/mol. The molecule has 0 amide bonds. The van der Waals surface area contributed by atoms with Crippen molar-refractivity contribution in [2.45, 2.75) is 39.7 Å². The average molecular weight is 181 g/mol. The molecule has 0 atom stereocenters. The predicted octanol–water partition coefficient (Wildman–Crippen LogP) is 2.68. The minimum absolute atomic E-state index is 0.446. The number of rotatable bonds is 5. The summed E-state index contributed by atoms with van der Waals surface area (Å²) in [6.45, 7) is 7.49. The van der Waals surface area contributed by atoms with E-state index in [2.05, 4.69) is 37.4 Å². The summed E-state index contributed by atoms with van der Waals surface area (Å²) in [5.41, 5.74) is 1.13. The minimum Gasteiger partial charge on any atom is -0.383 e. The third-order valence-corrected chi connectivity index (χ3v) is 1.99. The minimum atomic E-state index is 0.446. The molecule has 1 N–H and O–H groups in total. The standard InChI is InChI=1S/C10H19N3/c1-4-5-6-11-10-7-12-13(8-10)9(2)3/h7-9,11H,4-6H2,1-3H3. The number of hydrogen-bond acceptors (Lipinski definition) is 2. The summed E-state index contributed by atoms with van der Waals surface area (Å²) in [5.74, 6) is 0. The summed E-state index contributed by atoms with van der Waals surface area (Å²) >= 11 is 0. The van der Waals surface area contributed by atoms with E-state index < -0.39 is 0 Å². The van der Waals surface area contributed by atoms with E-state index in [1.54, 1.807) is 0 Å². The number of nitrogens with one attached hydrogen (secondary N) is 1. The molecule has 0 bridgehead atoms. The number of aromatic nitrogens is 2. The SMILES string of the molecule is CCCCNc1cnn(C(C)C)c1. The third-order valence-electron chi connectivity index (χ3n) is 1.99. The molecule has 0 spiro atoms. The van der Waals surface area contributed by atoms with Gasteiger partial charge in [0.15, 0.2) is 0 Å². The van der Waals surface area contributed by atoms with Crippen molar-refractivity contribution in [2.24, 2.45) is 0 Å². The van der Waals surface area contributed by atoms with E-state index in [0.29, 0.717) is 6.04 Å². The lowest BCUT2D eigenvalue weighted by Gasteiger charge is -2.03. The smallest absolute Gasteiger partial charge is 0.0726 e. The fraction of sp³-hybridized carbons (Fsp3) is 0.700. The third kappa shape index (κ3) is 3.09. The van der Waals surface area contributed by atoms with Gasteiger partial charge < -0.3 is 5.32 Å². The maximum atomic E-state index is 4.25. The number of nitrogens with zero attached hydrogens (tertiary/aromatic N) is 2. The van der Waals surface area contributed by atoms with Crippen LogP contribution in [-0.4, -0.2) is 16.3 Å². The van der Waals surface area contributed by atoms with Crippen LogP contribution in [-0.2, 0) is 0 Å². The highest BCUT2D eigenvalue weighted by atomic mass is 15.3. The van der Waals surface area contributed by atoms with Gasteiger partial charge in [0.1, 0.15) is 0 Å². The molecule has 74 valence electrons. The van der Waals surface area contributed by atoms with Gasteiger partial charge in [0.2, 0.25) is 0 Å². The van der Waals surface area contributed by atoms with Crippen molar-refractivity contribution in [1.29, 1.82) is 0 Å². The van der Waals surface area contributed by atoms with E-state index in [9.17, 15) is 0 Å². The average Bonchev–Trinajstić information content (AvgIpc) is 2.53. The van der Waals surface area contributed by atoms with Crippen molar-refractivity contribution in [3.63, 3.8) is 0 Å². The fourth-order valence-corrected chi connectivity index (χ4v) is 1.12. The van der Waals surface area contributed by atoms with Gasteiger partial charge in [-0.25, -0.2) is 0 Å². The Balaban J connectivity index is 2.40. The molecule has 1 heterocycles. The van der Waals surface area contributed by atoms with Gasteiger partial charge in [-0.1, -0.05) is 13.3 Å². The Morgan fingerprint density at radius 1 is 1.54 bits per heavy atom. The first-order valence-corrected chi connectivity index (χ1v) is 5.02. The van der Waals surface area contributed by atoms with Crippen LogP contribution in [0, 0.1) is 0 Å². The van der Waals surface area contributed by atoms with Crippen molar-refractivity contribution in [3.05, 3.63) is 12.4 Å².